The summed E-state index contributed by atoms with van der Waals surface area (Å²) in [7, 11) is 0. The van der Waals surface area contributed by atoms with Crippen molar-refractivity contribution in [3.05, 3.63) is 0 Å². The first-order valence-corrected chi connectivity index (χ1v) is 5.30. The number of piperazine rings is 1. The number of hydrogen-bond donors (Lipinski definition) is 1. The number of nitrogens with zero attached hydrogens (tertiary/aromatic N) is 1. The van der Waals surface area contributed by atoms with Gasteiger partial charge in [0.15, 0.2) is 0 Å². The highest BCUT2D eigenvalue weighted by atomic mass is 16.2. The molecule has 2 aliphatic heterocycles. The fraction of sp³-hybridized carbons (Fsp3) is 0.900. The summed E-state index contributed by atoms with van der Waals surface area (Å²) >= 11 is 0. The third-order valence-electron chi connectivity index (χ3n) is 3.77. The van der Waals surface area contributed by atoms with Crippen molar-refractivity contribution < 1.29 is 4.79 Å². The number of nitrogens with one attached hydrogen (secondary N) is 1. The molecule has 2 heterocycles. The molecular formula is C10H16N2O. The van der Waals surface area contributed by atoms with Crippen molar-refractivity contribution in [2.75, 3.05) is 13.1 Å². The average molecular weight is 180 g/mol. The highest BCUT2D eigenvalue weighted by Gasteiger charge is 2.50. The molecule has 3 fully saturated rings. The summed E-state index contributed by atoms with van der Waals surface area (Å²) in [4.78, 5) is 14.1. The second kappa shape index (κ2) is 2.47. The van der Waals surface area contributed by atoms with Crippen LogP contribution in [0.1, 0.15) is 19.8 Å². The van der Waals surface area contributed by atoms with Gasteiger partial charge in [-0.3, -0.25) is 4.79 Å². The summed E-state index contributed by atoms with van der Waals surface area (Å²) in [5, 5.41) is 3.35. The molecule has 3 heteroatoms. The Labute approximate surface area is 78.5 Å². The maximum Gasteiger partial charge on any atom is 0.226 e. The van der Waals surface area contributed by atoms with Crippen LogP contribution in [0.5, 0.6) is 0 Å². The molecule has 1 N–H and O–H groups in total. The Morgan fingerprint density at radius 3 is 2.38 bits per heavy atom. The quantitative estimate of drug-likeness (QED) is 0.626. The van der Waals surface area contributed by atoms with Crippen LogP contribution in [0, 0.1) is 11.8 Å². The molecule has 3 rings (SSSR count). The number of carbonyl (C=O) groups is 1. The highest BCUT2D eigenvalue weighted by molar-refractivity contribution is 5.83. The number of rotatable bonds is 1. The number of amides is 1. The monoisotopic (exact) mass is 180 g/mol. The van der Waals surface area contributed by atoms with Crippen molar-refractivity contribution in [2.24, 2.45) is 11.8 Å². The molecule has 0 aromatic rings. The molecule has 1 amide bonds. The zero-order valence-corrected chi connectivity index (χ0v) is 7.99. The lowest BCUT2D eigenvalue weighted by molar-refractivity contribution is -0.149. The van der Waals surface area contributed by atoms with Crippen LogP contribution in [-0.2, 0) is 4.79 Å². The van der Waals surface area contributed by atoms with Crippen LogP contribution in [0.2, 0.25) is 0 Å². The molecule has 3 nitrogen and oxygen atoms in total. The van der Waals surface area contributed by atoms with Crippen molar-refractivity contribution in [3.63, 3.8) is 0 Å². The topological polar surface area (TPSA) is 32.3 Å². The second-order valence-corrected chi connectivity index (χ2v) is 4.77. The van der Waals surface area contributed by atoms with Crippen LogP contribution in [0.4, 0.5) is 0 Å². The number of piperidine rings is 1. The zero-order chi connectivity index (χ0) is 9.00. The van der Waals surface area contributed by atoms with Gasteiger partial charge in [0.1, 0.15) is 0 Å². The van der Waals surface area contributed by atoms with Crippen LogP contribution in [0.15, 0.2) is 0 Å². The van der Waals surface area contributed by atoms with Crippen LogP contribution in [0.25, 0.3) is 0 Å². The molecule has 2 saturated heterocycles. The predicted octanol–water partition coefficient (Wildman–Crippen LogP) is 0.215. The predicted molar refractivity (Wildman–Crippen MR) is 49.2 cm³/mol. The maximum absolute atomic E-state index is 11.9. The van der Waals surface area contributed by atoms with Gasteiger partial charge in [-0.2, -0.15) is 0 Å². The summed E-state index contributed by atoms with van der Waals surface area (Å²) in [6.45, 7) is 4.21. The third-order valence-corrected chi connectivity index (χ3v) is 3.77. The van der Waals surface area contributed by atoms with E-state index in [0.29, 0.717) is 29.8 Å². The first kappa shape index (κ1) is 7.80. The minimum atomic E-state index is 0.378. The molecule has 0 aromatic heterocycles. The van der Waals surface area contributed by atoms with E-state index in [1.807, 2.05) is 0 Å². The SMILES string of the molecule is CC1CC1C(=O)N1C2CNCC1C2. The van der Waals surface area contributed by atoms with E-state index < -0.39 is 0 Å². The lowest BCUT2D eigenvalue weighted by Gasteiger charge is -2.53. The van der Waals surface area contributed by atoms with Crippen LogP contribution < -0.4 is 5.32 Å². The van der Waals surface area contributed by atoms with Gasteiger partial charge in [0.25, 0.3) is 0 Å². The molecule has 4 unspecified atom stereocenters. The van der Waals surface area contributed by atoms with Gasteiger partial charge >= 0.3 is 0 Å². The summed E-state index contributed by atoms with van der Waals surface area (Å²) in [5.74, 6) is 1.47. The van der Waals surface area contributed by atoms with Gasteiger partial charge < -0.3 is 10.2 Å². The third kappa shape index (κ3) is 1.03. The fourth-order valence-corrected chi connectivity index (χ4v) is 2.70. The molecule has 3 aliphatic rings. The van der Waals surface area contributed by atoms with E-state index in [2.05, 4.69) is 17.1 Å². The summed E-state index contributed by atoms with van der Waals surface area (Å²) in [6, 6.07) is 1.05. The van der Waals surface area contributed by atoms with Crippen molar-refractivity contribution in [1.82, 2.24) is 10.2 Å². The minimum absolute atomic E-state index is 0.378. The number of hydrogen-bond acceptors (Lipinski definition) is 2. The van der Waals surface area contributed by atoms with E-state index in [-0.39, 0.29) is 0 Å². The Kier molecular flexibility index (Phi) is 1.48. The van der Waals surface area contributed by atoms with Gasteiger partial charge in [0.2, 0.25) is 5.91 Å². The maximum atomic E-state index is 11.9. The van der Waals surface area contributed by atoms with E-state index in [0.717, 1.165) is 19.5 Å². The summed E-state index contributed by atoms with van der Waals surface area (Å²) in [6.07, 6.45) is 2.36. The molecule has 0 spiro atoms. The Morgan fingerprint density at radius 1 is 1.31 bits per heavy atom. The molecule has 72 valence electrons. The summed E-state index contributed by atoms with van der Waals surface area (Å²) < 4.78 is 0. The van der Waals surface area contributed by atoms with Crippen molar-refractivity contribution >= 4 is 5.91 Å². The summed E-state index contributed by atoms with van der Waals surface area (Å²) in [5.41, 5.74) is 0. The Morgan fingerprint density at radius 2 is 1.92 bits per heavy atom. The van der Waals surface area contributed by atoms with Gasteiger partial charge in [-0.25, -0.2) is 0 Å². The Hall–Kier alpha value is -0.570. The zero-order valence-electron chi connectivity index (χ0n) is 7.99. The molecule has 1 aliphatic carbocycles. The van der Waals surface area contributed by atoms with Gasteiger partial charge in [-0.05, 0) is 18.8 Å². The fourth-order valence-electron chi connectivity index (χ4n) is 2.70. The van der Waals surface area contributed by atoms with Gasteiger partial charge in [-0.15, -0.1) is 0 Å². The van der Waals surface area contributed by atoms with E-state index >= 15 is 0 Å². The molecule has 2 bridgehead atoms. The number of fused-ring (bicyclic) bond motifs is 2. The molecule has 4 atom stereocenters. The second-order valence-electron chi connectivity index (χ2n) is 4.77. The Bertz CT molecular complexity index is 239. The van der Waals surface area contributed by atoms with Crippen molar-refractivity contribution in [2.45, 2.75) is 31.8 Å². The van der Waals surface area contributed by atoms with Crippen LogP contribution >= 0.6 is 0 Å². The van der Waals surface area contributed by atoms with Gasteiger partial charge in [-0.1, -0.05) is 6.92 Å². The van der Waals surface area contributed by atoms with Gasteiger partial charge in [0.05, 0.1) is 0 Å². The van der Waals surface area contributed by atoms with Crippen molar-refractivity contribution in [3.8, 4) is 0 Å². The van der Waals surface area contributed by atoms with E-state index in [1.54, 1.807) is 0 Å². The average Bonchev–Trinajstić information content (AvgIpc) is 2.84. The standard InChI is InChI=1S/C10H16N2O/c1-6-2-9(6)10(13)12-7-3-8(12)5-11-4-7/h6-9,11H,2-5H2,1H3. The van der Waals surface area contributed by atoms with E-state index in [9.17, 15) is 4.79 Å². The van der Waals surface area contributed by atoms with Crippen molar-refractivity contribution in [1.29, 1.82) is 0 Å². The molecule has 0 radical (unpaired) electrons. The smallest absolute Gasteiger partial charge is 0.226 e. The molecule has 0 aromatic carbocycles. The molecule has 13 heavy (non-hydrogen) atoms. The lowest BCUT2D eigenvalue weighted by atomic mass is 9.88. The normalized spacial score (nSPS) is 47.0. The van der Waals surface area contributed by atoms with E-state index in [4.69, 9.17) is 0 Å². The van der Waals surface area contributed by atoms with Crippen LogP contribution in [-0.4, -0.2) is 36.0 Å². The minimum Gasteiger partial charge on any atom is -0.334 e. The number of carbonyl (C=O) groups excluding carboxylic acids is 1. The lowest BCUT2D eigenvalue weighted by Crippen LogP contribution is -2.69. The molecule has 1 saturated carbocycles. The Balaban J connectivity index is 1.69. The van der Waals surface area contributed by atoms with E-state index in [1.165, 1.54) is 6.42 Å². The highest BCUT2D eigenvalue weighted by Crippen LogP contribution is 2.42. The first-order chi connectivity index (χ1) is 6.27. The molecular weight excluding hydrogens is 164 g/mol. The van der Waals surface area contributed by atoms with Crippen LogP contribution in [0.3, 0.4) is 0 Å². The first-order valence-electron chi connectivity index (χ1n) is 5.30. The largest absolute Gasteiger partial charge is 0.334 e. The van der Waals surface area contributed by atoms with Gasteiger partial charge in [0, 0.05) is 31.1 Å².